The summed E-state index contributed by atoms with van der Waals surface area (Å²) in [5, 5.41) is 9.28. The molecule has 7 nitrogen and oxygen atoms in total. The summed E-state index contributed by atoms with van der Waals surface area (Å²) in [6, 6.07) is 9.79. The molecule has 1 N–H and O–H groups in total. The Morgan fingerprint density at radius 1 is 1.22 bits per heavy atom. The summed E-state index contributed by atoms with van der Waals surface area (Å²) in [6.07, 6.45) is 4.99. The van der Waals surface area contributed by atoms with Crippen LogP contribution in [0.1, 0.15) is 57.5 Å². The van der Waals surface area contributed by atoms with Crippen LogP contribution in [0.3, 0.4) is 0 Å². The second-order valence-corrected chi connectivity index (χ2v) is 8.47. The average molecular weight is 459 g/mol. The van der Waals surface area contributed by atoms with Crippen LogP contribution >= 0.6 is 11.3 Å². The number of carbonyl (C=O) groups is 2. The molecule has 2 heterocycles. The third kappa shape index (κ3) is 6.43. The van der Waals surface area contributed by atoms with Crippen molar-refractivity contribution < 1.29 is 26.6 Å². The summed E-state index contributed by atoms with van der Waals surface area (Å²) in [4.78, 5) is 29.8. The third-order valence-corrected chi connectivity index (χ3v) is 5.60. The maximum atomic E-state index is 13.4. The van der Waals surface area contributed by atoms with E-state index in [0.29, 0.717) is 47.3 Å². The molecule has 3 rings (SSSR count). The van der Waals surface area contributed by atoms with Crippen LogP contribution in [0.15, 0.2) is 53.3 Å². The van der Waals surface area contributed by atoms with Crippen molar-refractivity contribution in [2.24, 2.45) is 0 Å². The highest BCUT2D eigenvalue weighted by molar-refractivity contribution is 7.16. The molecule has 32 heavy (non-hydrogen) atoms. The standard InChI is InChI=1S/C24H28N2O5S/c1-17(2)26(24(29)21-15-25-23(32-21)20-11-8-14-31-20)16-18-9-5-6-10-19(18)30-13-7-3-4-12-22(27)28/h5-6,8-11,14-15,17H,3-4,7,12-13,16H2,1-2H3,(H,27,28)/i16D2. The first kappa shape index (κ1) is 20.8. The number of para-hydroxylation sites is 1. The summed E-state index contributed by atoms with van der Waals surface area (Å²) in [5.74, 6) is -0.399. The summed E-state index contributed by atoms with van der Waals surface area (Å²) < 4.78 is 29.0. The van der Waals surface area contributed by atoms with Gasteiger partial charge in [0.25, 0.3) is 5.91 Å². The summed E-state index contributed by atoms with van der Waals surface area (Å²) in [5.41, 5.74) is 0.248. The van der Waals surface area contributed by atoms with E-state index >= 15 is 0 Å². The van der Waals surface area contributed by atoms with Gasteiger partial charge in [0.2, 0.25) is 0 Å². The highest BCUT2D eigenvalue weighted by Gasteiger charge is 2.23. The molecule has 0 fully saturated rings. The van der Waals surface area contributed by atoms with E-state index in [1.54, 1.807) is 50.2 Å². The van der Waals surface area contributed by atoms with Crippen molar-refractivity contribution in [2.75, 3.05) is 6.61 Å². The van der Waals surface area contributed by atoms with Gasteiger partial charge in [-0.05, 0) is 51.3 Å². The van der Waals surface area contributed by atoms with Crippen LogP contribution in [0, 0.1) is 0 Å². The maximum absolute atomic E-state index is 13.4. The normalized spacial score (nSPS) is 12.3. The zero-order chi connectivity index (χ0) is 24.7. The van der Waals surface area contributed by atoms with Crippen molar-refractivity contribution in [1.82, 2.24) is 9.88 Å². The number of hydrogen-bond donors (Lipinski definition) is 1. The van der Waals surface area contributed by atoms with Gasteiger partial charge in [-0.25, -0.2) is 4.98 Å². The summed E-state index contributed by atoms with van der Waals surface area (Å²) in [6.45, 7) is 1.69. The lowest BCUT2D eigenvalue weighted by Crippen LogP contribution is -2.36. The number of furan rings is 1. The predicted molar refractivity (Wildman–Crippen MR) is 123 cm³/mol. The van der Waals surface area contributed by atoms with Gasteiger partial charge in [0.15, 0.2) is 10.8 Å². The van der Waals surface area contributed by atoms with Gasteiger partial charge in [-0.1, -0.05) is 18.2 Å². The molecule has 0 spiro atoms. The second kappa shape index (κ2) is 11.5. The molecule has 1 aromatic carbocycles. The number of aromatic nitrogens is 1. The number of ether oxygens (including phenoxy) is 1. The Morgan fingerprint density at radius 2 is 2.03 bits per heavy atom. The second-order valence-electron chi connectivity index (χ2n) is 7.44. The molecular formula is C24H28N2O5S. The van der Waals surface area contributed by atoms with Crippen LogP contribution in [0.2, 0.25) is 0 Å². The minimum Gasteiger partial charge on any atom is -0.493 e. The van der Waals surface area contributed by atoms with Crippen LogP contribution in [0.5, 0.6) is 5.75 Å². The van der Waals surface area contributed by atoms with Crippen molar-refractivity contribution in [3.63, 3.8) is 0 Å². The first-order valence-corrected chi connectivity index (χ1v) is 11.3. The van der Waals surface area contributed by atoms with Crippen LogP contribution in [-0.2, 0) is 11.3 Å². The van der Waals surface area contributed by atoms with Crippen molar-refractivity contribution in [3.05, 3.63) is 59.3 Å². The number of carbonyl (C=O) groups excluding carboxylic acids is 1. The topological polar surface area (TPSA) is 92.9 Å². The van der Waals surface area contributed by atoms with Gasteiger partial charge >= 0.3 is 5.97 Å². The lowest BCUT2D eigenvalue weighted by Gasteiger charge is -2.27. The van der Waals surface area contributed by atoms with Gasteiger partial charge in [0.05, 0.1) is 21.8 Å². The molecular weight excluding hydrogens is 428 g/mol. The summed E-state index contributed by atoms with van der Waals surface area (Å²) >= 11 is 1.15. The largest absolute Gasteiger partial charge is 0.493 e. The van der Waals surface area contributed by atoms with Gasteiger partial charge in [-0.2, -0.15) is 0 Å². The van der Waals surface area contributed by atoms with E-state index < -0.39 is 24.4 Å². The van der Waals surface area contributed by atoms with Gasteiger partial charge < -0.3 is 19.2 Å². The fraction of sp³-hybridized carbons (Fsp3) is 0.375. The number of nitrogens with zero attached hydrogens (tertiary/aromatic N) is 2. The monoisotopic (exact) mass is 458 g/mol. The predicted octanol–water partition coefficient (Wildman–Crippen LogP) is 5.48. The molecule has 0 atom stereocenters. The molecule has 2 aromatic heterocycles. The van der Waals surface area contributed by atoms with Gasteiger partial charge in [0.1, 0.15) is 10.6 Å². The first-order chi connectivity index (χ1) is 16.2. The van der Waals surface area contributed by atoms with E-state index in [0.717, 1.165) is 11.3 Å². The number of aliphatic carboxylic acids is 1. The fourth-order valence-corrected chi connectivity index (χ4v) is 3.79. The molecule has 0 aliphatic rings. The van der Waals surface area contributed by atoms with Gasteiger partial charge in [-0.15, -0.1) is 11.3 Å². The van der Waals surface area contributed by atoms with Crippen molar-refractivity contribution in [2.45, 2.75) is 52.1 Å². The van der Waals surface area contributed by atoms with Crippen LogP contribution in [-0.4, -0.2) is 39.5 Å². The Hall–Kier alpha value is -3.13. The molecule has 0 aliphatic heterocycles. The van der Waals surface area contributed by atoms with Gasteiger partial charge in [0, 0.05) is 24.5 Å². The third-order valence-electron chi connectivity index (χ3n) is 4.60. The Balaban J connectivity index is 1.78. The molecule has 0 unspecified atom stereocenters. The molecule has 0 bridgehead atoms. The van der Waals surface area contributed by atoms with E-state index in [1.807, 2.05) is 0 Å². The zero-order valence-corrected chi connectivity index (χ0v) is 18.9. The van der Waals surface area contributed by atoms with Crippen LogP contribution < -0.4 is 4.74 Å². The quantitative estimate of drug-likeness (QED) is 0.361. The number of benzene rings is 1. The number of carboxylic acids is 1. The van der Waals surface area contributed by atoms with E-state index in [1.165, 1.54) is 17.4 Å². The van der Waals surface area contributed by atoms with Crippen molar-refractivity contribution in [3.8, 4) is 16.5 Å². The molecule has 0 saturated heterocycles. The maximum Gasteiger partial charge on any atom is 0.303 e. The van der Waals surface area contributed by atoms with E-state index in [2.05, 4.69) is 4.98 Å². The Kier molecular flexibility index (Phi) is 7.44. The number of carboxylic acid groups (broad SMARTS) is 1. The minimum atomic E-state index is -2.15. The molecule has 3 aromatic rings. The fourth-order valence-electron chi connectivity index (χ4n) is 2.97. The van der Waals surface area contributed by atoms with E-state index in [9.17, 15) is 9.59 Å². The highest BCUT2D eigenvalue weighted by atomic mass is 32.1. The number of hydrogen-bond acceptors (Lipinski definition) is 6. The lowest BCUT2D eigenvalue weighted by atomic mass is 10.1. The lowest BCUT2D eigenvalue weighted by molar-refractivity contribution is -0.137. The molecule has 1 amide bonds. The molecule has 0 radical (unpaired) electrons. The van der Waals surface area contributed by atoms with E-state index in [4.69, 9.17) is 17.0 Å². The minimum absolute atomic E-state index is 0.115. The van der Waals surface area contributed by atoms with Crippen LogP contribution in [0.4, 0.5) is 0 Å². The van der Waals surface area contributed by atoms with Crippen molar-refractivity contribution in [1.29, 1.82) is 0 Å². The highest BCUT2D eigenvalue weighted by Crippen LogP contribution is 2.28. The SMILES string of the molecule is [2H]C([2H])(c1ccccc1OCCCCCC(=O)O)N(C(=O)c1cnc(-c2ccco2)s1)C(C)C. The van der Waals surface area contributed by atoms with Gasteiger partial charge in [-0.3, -0.25) is 9.59 Å². The Labute approximate surface area is 194 Å². The molecule has 0 saturated carbocycles. The first-order valence-electron chi connectivity index (χ1n) is 11.5. The number of thiazole rings is 1. The number of amides is 1. The molecule has 8 heteroatoms. The number of rotatable bonds is 12. The number of unbranched alkanes of at least 4 members (excludes halogenated alkanes) is 2. The van der Waals surface area contributed by atoms with E-state index in [-0.39, 0.29) is 12.0 Å². The van der Waals surface area contributed by atoms with Crippen LogP contribution in [0.25, 0.3) is 10.8 Å². The zero-order valence-electron chi connectivity index (χ0n) is 20.1. The summed E-state index contributed by atoms with van der Waals surface area (Å²) in [7, 11) is 0. The smallest absolute Gasteiger partial charge is 0.303 e. The molecule has 0 aliphatic carbocycles. The average Bonchev–Trinajstić information content (AvgIpc) is 3.47. The van der Waals surface area contributed by atoms with Crippen molar-refractivity contribution >= 4 is 23.2 Å². The molecule has 170 valence electrons. The Morgan fingerprint density at radius 3 is 2.75 bits per heavy atom. The Bertz CT molecular complexity index is 1100.